The first-order valence-corrected chi connectivity index (χ1v) is 9.61. The van der Waals surface area contributed by atoms with Crippen LogP contribution in [0.15, 0.2) is 78.9 Å². The van der Waals surface area contributed by atoms with Gasteiger partial charge in [-0.3, -0.25) is 0 Å². The average Bonchev–Trinajstić information content (AvgIpc) is 2.76. The molecular formula is C25H21NO4. The topological polar surface area (TPSA) is 68.7 Å². The average molecular weight is 399 g/mol. The Kier molecular flexibility index (Phi) is 5.61. The second-order valence-corrected chi connectivity index (χ2v) is 7.06. The molecule has 5 heteroatoms. The lowest BCUT2D eigenvalue weighted by atomic mass is 10.1. The fourth-order valence-corrected chi connectivity index (χ4v) is 3.19. The number of nitrogens with zero attached hydrogens (tertiary/aromatic N) is 1. The number of aromatic nitrogens is 1. The SMILES string of the molecule is Cc1cc(OCc2cccc(C(=O)O)c2)cc(OCc2ccc3ccccc3n2)c1. The van der Waals surface area contributed by atoms with E-state index in [9.17, 15) is 4.79 Å². The fraction of sp³-hybridized carbons (Fsp3) is 0.120. The van der Waals surface area contributed by atoms with Gasteiger partial charge in [0.05, 0.1) is 16.8 Å². The number of aromatic carboxylic acids is 1. The van der Waals surface area contributed by atoms with E-state index in [1.807, 2.05) is 67.6 Å². The molecule has 3 aromatic carbocycles. The molecule has 1 heterocycles. The molecule has 0 spiro atoms. The monoisotopic (exact) mass is 399 g/mol. The molecule has 0 radical (unpaired) electrons. The molecule has 0 bridgehead atoms. The molecule has 0 aliphatic heterocycles. The minimum absolute atomic E-state index is 0.243. The summed E-state index contributed by atoms with van der Waals surface area (Å²) in [4.78, 5) is 15.7. The number of carbonyl (C=O) groups is 1. The highest BCUT2D eigenvalue weighted by Gasteiger charge is 2.06. The van der Waals surface area contributed by atoms with Crippen LogP contribution < -0.4 is 9.47 Å². The smallest absolute Gasteiger partial charge is 0.335 e. The van der Waals surface area contributed by atoms with Crippen molar-refractivity contribution in [2.45, 2.75) is 20.1 Å². The number of pyridine rings is 1. The zero-order chi connectivity index (χ0) is 20.9. The van der Waals surface area contributed by atoms with E-state index < -0.39 is 5.97 Å². The summed E-state index contributed by atoms with van der Waals surface area (Å²) < 4.78 is 11.8. The maximum Gasteiger partial charge on any atom is 0.335 e. The Morgan fingerprint density at radius 1 is 0.867 bits per heavy atom. The number of aryl methyl sites for hydroxylation is 1. The molecule has 1 N–H and O–H groups in total. The summed E-state index contributed by atoms with van der Waals surface area (Å²) in [5.74, 6) is 0.404. The highest BCUT2D eigenvalue weighted by molar-refractivity contribution is 5.87. The highest BCUT2D eigenvalue weighted by atomic mass is 16.5. The fourth-order valence-electron chi connectivity index (χ4n) is 3.19. The van der Waals surface area contributed by atoms with Crippen molar-refractivity contribution in [2.24, 2.45) is 0 Å². The Morgan fingerprint density at radius 3 is 2.43 bits per heavy atom. The molecule has 0 saturated carbocycles. The molecule has 4 aromatic rings. The number of rotatable bonds is 7. The summed E-state index contributed by atoms with van der Waals surface area (Å²) in [6.07, 6.45) is 0. The van der Waals surface area contributed by atoms with E-state index in [-0.39, 0.29) is 12.2 Å². The van der Waals surface area contributed by atoms with Gasteiger partial charge in [-0.1, -0.05) is 36.4 Å². The molecular weight excluding hydrogens is 378 g/mol. The molecule has 5 nitrogen and oxygen atoms in total. The van der Waals surface area contributed by atoms with E-state index in [0.717, 1.165) is 27.7 Å². The van der Waals surface area contributed by atoms with Crippen molar-refractivity contribution in [1.29, 1.82) is 0 Å². The Hall–Kier alpha value is -3.86. The molecule has 0 fully saturated rings. The zero-order valence-electron chi connectivity index (χ0n) is 16.5. The molecule has 1 aromatic heterocycles. The standard InChI is InChI=1S/C25H21NO4/c1-17-11-22(29-15-18-5-4-7-20(13-18)25(27)28)14-23(12-17)30-16-21-10-9-19-6-2-3-8-24(19)26-21/h2-14H,15-16H2,1H3,(H,27,28). The van der Waals surface area contributed by atoms with Crippen LogP contribution in [0.1, 0.15) is 27.2 Å². The number of carboxylic acid groups (broad SMARTS) is 1. The van der Waals surface area contributed by atoms with Crippen LogP contribution in [0.4, 0.5) is 0 Å². The van der Waals surface area contributed by atoms with Crippen LogP contribution >= 0.6 is 0 Å². The van der Waals surface area contributed by atoms with Gasteiger partial charge in [0.2, 0.25) is 0 Å². The third-order valence-corrected chi connectivity index (χ3v) is 4.65. The predicted molar refractivity (Wildman–Crippen MR) is 115 cm³/mol. The second-order valence-electron chi connectivity index (χ2n) is 7.06. The van der Waals surface area contributed by atoms with Gasteiger partial charge in [-0.05, 0) is 54.4 Å². The van der Waals surface area contributed by atoms with Crippen LogP contribution in [0.2, 0.25) is 0 Å². The summed E-state index contributed by atoms with van der Waals surface area (Å²) in [5, 5.41) is 10.2. The van der Waals surface area contributed by atoms with Crippen molar-refractivity contribution in [3.8, 4) is 11.5 Å². The first kappa shape index (κ1) is 19.5. The van der Waals surface area contributed by atoms with Crippen LogP contribution in [0.3, 0.4) is 0 Å². The molecule has 0 unspecified atom stereocenters. The van der Waals surface area contributed by atoms with Gasteiger partial charge in [0.25, 0.3) is 0 Å². The van der Waals surface area contributed by atoms with Gasteiger partial charge >= 0.3 is 5.97 Å². The van der Waals surface area contributed by atoms with Crippen LogP contribution in [-0.2, 0) is 13.2 Å². The maximum atomic E-state index is 11.1. The summed E-state index contributed by atoms with van der Waals surface area (Å²) in [6, 6.07) is 24.4. The highest BCUT2D eigenvalue weighted by Crippen LogP contribution is 2.24. The Balaban J connectivity index is 1.43. The largest absolute Gasteiger partial charge is 0.489 e. The maximum absolute atomic E-state index is 11.1. The lowest BCUT2D eigenvalue weighted by Crippen LogP contribution is -2.01. The van der Waals surface area contributed by atoms with Gasteiger partial charge in [0.1, 0.15) is 24.7 Å². The summed E-state index contributed by atoms with van der Waals surface area (Å²) in [5.41, 5.74) is 3.83. The van der Waals surface area contributed by atoms with Crippen LogP contribution in [0, 0.1) is 6.92 Å². The van der Waals surface area contributed by atoms with Gasteiger partial charge in [-0.25, -0.2) is 9.78 Å². The minimum Gasteiger partial charge on any atom is -0.489 e. The van der Waals surface area contributed by atoms with Crippen molar-refractivity contribution in [1.82, 2.24) is 4.98 Å². The lowest BCUT2D eigenvalue weighted by Gasteiger charge is -2.12. The van der Waals surface area contributed by atoms with Gasteiger partial charge in [-0.15, -0.1) is 0 Å². The molecule has 0 aliphatic rings. The molecule has 0 amide bonds. The van der Waals surface area contributed by atoms with Crippen molar-refractivity contribution in [2.75, 3.05) is 0 Å². The third-order valence-electron chi connectivity index (χ3n) is 4.65. The molecule has 150 valence electrons. The number of ether oxygens (including phenoxy) is 2. The van der Waals surface area contributed by atoms with E-state index in [1.54, 1.807) is 18.2 Å². The number of para-hydroxylation sites is 1. The van der Waals surface area contributed by atoms with E-state index in [4.69, 9.17) is 14.6 Å². The van der Waals surface area contributed by atoms with Gasteiger partial charge in [-0.2, -0.15) is 0 Å². The Bertz CT molecular complexity index is 1200. The number of hydrogen-bond donors (Lipinski definition) is 1. The van der Waals surface area contributed by atoms with E-state index in [0.29, 0.717) is 18.1 Å². The molecule has 0 saturated heterocycles. The summed E-state index contributed by atoms with van der Waals surface area (Å²) in [6.45, 7) is 2.60. The number of benzene rings is 3. The van der Waals surface area contributed by atoms with Crippen molar-refractivity contribution in [3.05, 3.63) is 101 Å². The van der Waals surface area contributed by atoms with Crippen LogP contribution in [-0.4, -0.2) is 16.1 Å². The van der Waals surface area contributed by atoms with Crippen molar-refractivity contribution in [3.63, 3.8) is 0 Å². The normalized spacial score (nSPS) is 10.7. The first-order chi connectivity index (χ1) is 14.6. The van der Waals surface area contributed by atoms with Crippen molar-refractivity contribution >= 4 is 16.9 Å². The molecule has 0 aliphatic carbocycles. The number of fused-ring (bicyclic) bond motifs is 1. The third kappa shape index (κ3) is 4.75. The Labute approximate surface area is 174 Å². The van der Waals surface area contributed by atoms with E-state index in [2.05, 4.69) is 4.98 Å². The number of carboxylic acids is 1. The summed E-state index contributed by atoms with van der Waals surface area (Å²) in [7, 11) is 0. The quantitative estimate of drug-likeness (QED) is 0.451. The van der Waals surface area contributed by atoms with Crippen molar-refractivity contribution < 1.29 is 19.4 Å². The Morgan fingerprint density at radius 2 is 1.63 bits per heavy atom. The molecule has 0 atom stereocenters. The first-order valence-electron chi connectivity index (χ1n) is 9.61. The van der Waals surface area contributed by atoms with E-state index in [1.165, 1.54) is 0 Å². The predicted octanol–water partition coefficient (Wildman–Crippen LogP) is 5.40. The van der Waals surface area contributed by atoms with Crippen LogP contribution in [0.5, 0.6) is 11.5 Å². The van der Waals surface area contributed by atoms with Gasteiger partial charge < -0.3 is 14.6 Å². The summed E-state index contributed by atoms with van der Waals surface area (Å²) >= 11 is 0. The van der Waals surface area contributed by atoms with Crippen LogP contribution in [0.25, 0.3) is 10.9 Å². The minimum atomic E-state index is -0.953. The molecule has 30 heavy (non-hydrogen) atoms. The number of hydrogen-bond acceptors (Lipinski definition) is 4. The lowest BCUT2D eigenvalue weighted by molar-refractivity contribution is 0.0696. The van der Waals surface area contributed by atoms with Gasteiger partial charge in [0, 0.05) is 11.5 Å². The van der Waals surface area contributed by atoms with E-state index >= 15 is 0 Å². The van der Waals surface area contributed by atoms with Gasteiger partial charge in [0.15, 0.2) is 0 Å². The second kappa shape index (κ2) is 8.66. The zero-order valence-corrected chi connectivity index (χ0v) is 16.5. The molecule has 4 rings (SSSR count).